The fourth-order valence-corrected chi connectivity index (χ4v) is 2.02. The average molecular weight is 220 g/mol. The first-order chi connectivity index (χ1) is 6.15. The molecule has 1 nitrogen and oxygen atoms in total. The fourth-order valence-electron chi connectivity index (χ4n) is 1.54. The van der Waals surface area contributed by atoms with E-state index in [0.717, 1.165) is 5.56 Å². The van der Waals surface area contributed by atoms with Crippen LogP contribution in [-0.2, 0) is 0 Å². The van der Waals surface area contributed by atoms with Gasteiger partial charge in [0, 0.05) is 0 Å². The third-order valence-corrected chi connectivity index (χ3v) is 2.72. The minimum Gasteiger partial charge on any atom is -0.247 e. The Labute approximate surface area is 85.9 Å². The standard InChI is InChI=1S/C9H8Cl2FN/c10-8-3-6(4-9(11)13-8)5-1-7(12)2-5/h3-5,7H,1-2H2. The summed E-state index contributed by atoms with van der Waals surface area (Å²) in [6.07, 6.45) is 0.503. The number of aromatic nitrogens is 1. The number of halogens is 3. The van der Waals surface area contributed by atoms with Gasteiger partial charge in [0.1, 0.15) is 16.5 Å². The zero-order chi connectivity index (χ0) is 9.42. The molecular weight excluding hydrogens is 212 g/mol. The van der Waals surface area contributed by atoms with E-state index in [2.05, 4.69) is 4.98 Å². The van der Waals surface area contributed by atoms with Gasteiger partial charge in [0.2, 0.25) is 0 Å². The topological polar surface area (TPSA) is 12.9 Å². The number of pyridine rings is 1. The molecule has 0 amide bonds. The predicted octanol–water partition coefficient (Wildman–Crippen LogP) is 3.60. The van der Waals surface area contributed by atoms with Gasteiger partial charge in [-0.3, -0.25) is 0 Å². The minimum absolute atomic E-state index is 0.271. The maximum atomic E-state index is 12.6. The first-order valence-corrected chi connectivity index (χ1v) is 4.88. The van der Waals surface area contributed by atoms with E-state index in [4.69, 9.17) is 23.2 Å². The Balaban J connectivity index is 2.21. The summed E-state index contributed by atoms with van der Waals surface area (Å²) in [5, 5.41) is 0.759. The van der Waals surface area contributed by atoms with Crippen LogP contribution in [0.15, 0.2) is 12.1 Å². The van der Waals surface area contributed by atoms with Crippen molar-refractivity contribution >= 4 is 23.2 Å². The molecule has 0 saturated heterocycles. The Morgan fingerprint density at radius 2 is 1.77 bits per heavy atom. The molecule has 4 heteroatoms. The lowest BCUT2D eigenvalue weighted by Crippen LogP contribution is -2.22. The first kappa shape index (κ1) is 9.22. The van der Waals surface area contributed by atoms with Crippen LogP contribution in [0.2, 0.25) is 10.3 Å². The molecule has 0 unspecified atom stereocenters. The summed E-state index contributed by atoms with van der Waals surface area (Å²) in [5.41, 5.74) is 0.999. The molecular formula is C9H8Cl2FN. The summed E-state index contributed by atoms with van der Waals surface area (Å²) in [5.74, 6) is 0.271. The van der Waals surface area contributed by atoms with Crippen molar-refractivity contribution in [3.05, 3.63) is 28.0 Å². The van der Waals surface area contributed by atoms with Crippen molar-refractivity contribution in [2.45, 2.75) is 24.9 Å². The Kier molecular flexibility index (Phi) is 2.43. The first-order valence-electron chi connectivity index (χ1n) is 4.12. The number of nitrogens with zero attached hydrogens (tertiary/aromatic N) is 1. The molecule has 1 fully saturated rings. The highest BCUT2D eigenvalue weighted by Gasteiger charge is 2.30. The Hall–Kier alpha value is -0.340. The lowest BCUT2D eigenvalue weighted by atomic mass is 9.79. The van der Waals surface area contributed by atoms with E-state index < -0.39 is 6.17 Å². The molecule has 0 aliphatic heterocycles. The third kappa shape index (κ3) is 1.94. The van der Waals surface area contributed by atoms with Crippen molar-refractivity contribution in [1.29, 1.82) is 0 Å². The van der Waals surface area contributed by atoms with Gasteiger partial charge in [-0.1, -0.05) is 23.2 Å². The molecule has 1 aromatic rings. The fraction of sp³-hybridized carbons (Fsp3) is 0.444. The van der Waals surface area contributed by atoms with Crippen LogP contribution < -0.4 is 0 Å². The molecule has 0 radical (unpaired) electrons. The monoisotopic (exact) mass is 219 g/mol. The molecule has 0 N–H and O–H groups in total. The van der Waals surface area contributed by atoms with Gasteiger partial charge in [0.25, 0.3) is 0 Å². The lowest BCUT2D eigenvalue weighted by Gasteiger charge is -2.29. The number of alkyl halides is 1. The summed E-state index contributed by atoms with van der Waals surface area (Å²) in [6.45, 7) is 0. The Morgan fingerprint density at radius 3 is 2.23 bits per heavy atom. The van der Waals surface area contributed by atoms with Crippen molar-refractivity contribution in [3.63, 3.8) is 0 Å². The van der Waals surface area contributed by atoms with Crippen molar-refractivity contribution < 1.29 is 4.39 Å². The molecule has 2 rings (SSSR count). The van der Waals surface area contributed by atoms with Gasteiger partial charge in [0.05, 0.1) is 0 Å². The van der Waals surface area contributed by atoms with E-state index in [9.17, 15) is 4.39 Å². The van der Waals surface area contributed by atoms with Crippen LogP contribution in [0.3, 0.4) is 0 Å². The van der Waals surface area contributed by atoms with Gasteiger partial charge in [-0.25, -0.2) is 9.37 Å². The van der Waals surface area contributed by atoms with E-state index in [-0.39, 0.29) is 5.92 Å². The van der Waals surface area contributed by atoms with Crippen LogP contribution in [-0.4, -0.2) is 11.2 Å². The molecule has 0 aromatic carbocycles. The number of hydrogen-bond donors (Lipinski definition) is 0. The second kappa shape index (κ2) is 3.43. The maximum Gasteiger partial charge on any atom is 0.131 e. The third-order valence-electron chi connectivity index (χ3n) is 2.34. The quantitative estimate of drug-likeness (QED) is 0.659. The zero-order valence-corrected chi connectivity index (χ0v) is 8.32. The summed E-state index contributed by atoms with van der Waals surface area (Å²) >= 11 is 11.4. The van der Waals surface area contributed by atoms with Crippen LogP contribution in [0, 0.1) is 0 Å². The highest BCUT2D eigenvalue weighted by molar-refractivity contribution is 6.32. The molecule has 0 spiro atoms. The van der Waals surface area contributed by atoms with Gasteiger partial charge in [-0.15, -0.1) is 0 Å². The van der Waals surface area contributed by atoms with Crippen molar-refractivity contribution in [3.8, 4) is 0 Å². The molecule has 1 heterocycles. The molecule has 0 atom stereocenters. The Morgan fingerprint density at radius 1 is 1.23 bits per heavy atom. The van der Waals surface area contributed by atoms with Gasteiger partial charge >= 0.3 is 0 Å². The Bertz CT molecular complexity index is 303. The molecule has 1 aliphatic rings. The van der Waals surface area contributed by atoms with E-state index >= 15 is 0 Å². The largest absolute Gasteiger partial charge is 0.247 e. The summed E-state index contributed by atoms with van der Waals surface area (Å²) in [7, 11) is 0. The second-order valence-corrected chi connectivity index (χ2v) is 4.09. The van der Waals surface area contributed by atoms with Crippen molar-refractivity contribution in [2.24, 2.45) is 0 Å². The van der Waals surface area contributed by atoms with Crippen molar-refractivity contribution in [1.82, 2.24) is 4.98 Å². The maximum absolute atomic E-state index is 12.6. The zero-order valence-electron chi connectivity index (χ0n) is 6.80. The highest BCUT2D eigenvalue weighted by atomic mass is 35.5. The van der Waals surface area contributed by atoms with Gasteiger partial charge in [-0.2, -0.15) is 0 Å². The van der Waals surface area contributed by atoms with Gasteiger partial charge < -0.3 is 0 Å². The minimum atomic E-state index is -0.657. The van der Waals surface area contributed by atoms with Crippen molar-refractivity contribution in [2.75, 3.05) is 0 Å². The average Bonchev–Trinajstić information content (AvgIpc) is 1.96. The normalized spacial score (nSPS) is 27.0. The number of hydrogen-bond acceptors (Lipinski definition) is 1. The second-order valence-electron chi connectivity index (χ2n) is 3.31. The van der Waals surface area contributed by atoms with E-state index in [0.29, 0.717) is 23.1 Å². The SMILES string of the molecule is FC1CC(c2cc(Cl)nc(Cl)c2)C1. The predicted molar refractivity (Wildman–Crippen MR) is 51.1 cm³/mol. The van der Waals surface area contributed by atoms with Gasteiger partial charge in [-0.05, 0) is 36.5 Å². The highest BCUT2D eigenvalue weighted by Crippen LogP contribution is 2.39. The molecule has 0 bridgehead atoms. The van der Waals surface area contributed by atoms with Crippen LogP contribution in [0.1, 0.15) is 24.3 Å². The molecule has 70 valence electrons. The van der Waals surface area contributed by atoms with E-state index in [1.165, 1.54) is 0 Å². The smallest absolute Gasteiger partial charge is 0.131 e. The molecule has 1 aliphatic carbocycles. The van der Waals surface area contributed by atoms with Gasteiger partial charge in [0.15, 0.2) is 0 Å². The lowest BCUT2D eigenvalue weighted by molar-refractivity contribution is 0.179. The summed E-state index contributed by atoms with van der Waals surface area (Å²) in [4.78, 5) is 3.83. The van der Waals surface area contributed by atoms with Crippen LogP contribution in [0.25, 0.3) is 0 Å². The van der Waals surface area contributed by atoms with Crippen LogP contribution in [0.4, 0.5) is 4.39 Å². The molecule has 1 aromatic heterocycles. The van der Waals surface area contributed by atoms with E-state index in [1.807, 2.05) is 0 Å². The summed E-state index contributed by atoms with van der Waals surface area (Å²) in [6, 6.07) is 3.51. The number of rotatable bonds is 1. The van der Waals surface area contributed by atoms with Crippen LogP contribution >= 0.6 is 23.2 Å². The molecule has 13 heavy (non-hydrogen) atoms. The van der Waals surface area contributed by atoms with E-state index in [1.54, 1.807) is 12.1 Å². The van der Waals surface area contributed by atoms with Crippen LogP contribution in [0.5, 0.6) is 0 Å². The summed E-state index contributed by atoms with van der Waals surface area (Å²) < 4.78 is 12.6. The molecule has 1 saturated carbocycles.